The van der Waals surface area contributed by atoms with Gasteiger partial charge in [0.2, 0.25) is 5.91 Å². The van der Waals surface area contributed by atoms with Crippen molar-refractivity contribution in [1.29, 1.82) is 0 Å². The van der Waals surface area contributed by atoms with Crippen molar-refractivity contribution in [2.75, 3.05) is 24.5 Å². The zero-order valence-electron chi connectivity index (χ0n) is 16.4. The number of amides is 1. The van der Waals surface area contributed by atoms with E-state index < -0.39 is 9.85 Å². The highest BCUT2D eigenvalue weighted by atomic mass is 16.6. The highest BCUT2D eigenvalue weighted by molar-refractivity contribution is 5.79. The van der Waals surface area contributed by atoms with Crippen LogP contribution in [0.1, 0.15) is 24.0 Å². The number of piperidine rings is 1. The summed E-state index contributed by atoms with van der Waals surface area (Å²) in [5.41, 5.74) is 2.27. The summed E-state index contributed by atoms with van der Waals surface area (Å²) in [5.74, 6) is 0.0333. The molecule has 0 bridgehead atoms. The van der Waals surface area contributed by atoms with Crippen molar-refractivity contribution >= 4 is 23.0 Å². The highest BCUT2D eigenvalue weighted by Crippen LogP contribution is 2.35. The lowest BCUT2D eigenvalue weighted by molar-refractivity contribution is -0.393. The molecule has 1 amide bonds. The topological polar surface area (TPSA) is 110 Å². The van der Waals surface area contributed by atoms with Crippen LogP contribution in [0.4, 0.5) is 17.1 Å². The zero-order valence-corrected chi connectivity index (χ0v) is 16.4. The maximum atomic E-state index is 13.0. The van der Waals surface area contributed by atoms with Gasteiger partial charge in [-0.3, -0.25) is 25.0 Å². The molecule has 0 spiro atoms. The molecule has 2 heterocycles. The first-order valence-corrected chi connectivity index (χ1v) is 9.97. The third-order valence-corrected chi connectivity index (χ3v) is 5.99. The molecule has 4 rings (SSSR count). The van der Waals surface area contributed by atoms with E-state index >= 15 is 0 Å². The van der Waals surface area contributed by atoms with Gasteiger partial charge in [0, 0.05) is 38.2 Å². The predicted molar refractivity (Wildman–Crippen MR) is 110 cm³/mol. The van der Waals surface area contributed by atoms with Crippen LogP contribution in [-0.2, 0) is 17.8 Å². The van der Waals surface area contributed by atoms with Crippen molar-refractivity contribution in [1.82, 2.24) is 4.90 Å². The number of carbonyl (C=O) groups excluding carboxylic acids is 1. The molecule has 0 radical (unpaired) electrons. The maximum absolute atomic E-state index is 13.0. The number of rotatable bonds is 4. The summed E-state index contributed by atoms with van der Waals surface area (Å²) >= 11 is 0. The van der Waals surface area contributed by atoms with E-state index in [9.17, 15) is 25.0 Å². The van der Waals surface area contributed by atoms with Gasteiger partial charge in [-0.1, -0.05) is 24.3 Å². The standard InChI is InChI=1S/C21H22N4O5/c26-21(23-12-7-15-3-1-2-4-17(15)14-23)16-8-10-22(11-9-16)19-6-5-18(24(27)28)13-20(19)25(29)30/h1-6,13,16H,7-12,14H2. The second-order valence-corrected chi connectivity index (χ2v) is 7.73. The molecular formula is C21H22N4O5. The molecular weight excluding hydrogens is 388 g/mol. The van der Waals surface area contributed by atoms with Crippen molar-refractivity contribution in [3.05, 3.63) is 73.8 Å². The van der Waals surface area contributed by atoms with Crippen molar-refractivity contribution in [2.45, 2.75) is 25.8 Å². The number of carbonyl (C=O) groups is 1. The summed E-state index contributed by atoms with van der Waals surface area (Å²) in [4.78, 5) is 37.9. The van der Waals surface area contributed by atoms with Gasteiger partial charge in [0.15, 0.2) is 0 Å². The van der Waals surface area contributed by atoms with Gasteiger partial charge in [-0.15, -0.1) is 0 Å². The number of hydrogen-bond acceptors (Lipinski definition) is 6. The van der Waals surface area contributed by atoms with Gasteiger partial charge in [0.1, 0.15) is 5.69 Å². The normalized spacial score (nSPS) is 16.8. The fourth-order valence-corrected chi connectivity index (χ4v) is 4.35. The number of nitro benzene ring substituents is 2. The van der Waals surface area contributed by atoms with Crippen molar-refractivity contribution in [3.8, 4) is 0 Å². The Morgan fingerprint density at radius 1 is 0.933 bits per heavy atom. The van der Waals surface area contributed by atoms with Crippen LogP contribution in [0.2, 0.25) is 0 Å². The second-order valence-electron chi connectivity index (χ2n) is 7.73. The molecule has 2 aliphatic heterocycles. The van der Waals surface area contributed by atoms with Gasteiger partial charge in [-0.2, -0.15) is 0 Å². The summed E-state index contributed by atoms with van der Waals surface area (Å²) in [6.45, 7) is 2.34. The molecule has 0 aliphatic carbocycles. The van der Waals surface area contributed by atoms with E-state index in [0.29, 0.717) is 44.7 Å². The minimum Gasteiger partial charge on any atom is -0.366 e. The maximum Gasteiger partial charge on any atom is 0.299 e. The van der Waals surface area contributed by atoms with Gasteiger partial charge < -0.3 is 9.80 Å². The monoisotopic (exact) mass is 410 g/mol. The summed E-state index contributed by atoms with van der Waals surface area (Å²) in [6, 6.07) is 11.9. The minimum atomic E-state index is -0.640. The Bertz CT molecular complexity index is 1000. The molecule has 0 N–H and O–H groups in total. The first-order chi connectivity index (χ1) is 14.4. The number of nitro groups is 2. The second kappa shape index (κ2) is 8.10. The smallest absolute Gasteiger partial charge is 0.299 e. The molecule has 30 heavy (non-hydrogen) atoms. The van der Waals surface area contributed by atoms with Crippen LogP contribution in [0.3, 0.4) is 0 Å². The van der Waals surface area contributed by atoms with Gasteiger partial charge in [-0.25, -0.2) is 0 Å². The first-order valence-electron chi connectivity index (χ1n) is 9.97. The van der Waals surface area contributed by atoms with Crippen LogP contribution in [0.25, 0.3) is 0 Å². The molecule has 0 saturated carbocycles. The van der Waals surface area contributed by atoms with E-state index in [1.165, 1.54) is 23.3 Å². The van der Waals surface area contributed by atoms with Crippen molar-refractivity contribution in [3.63, 3.8) is 0 Å². The molecule has 9 heteroatoms. The minimum absolute atomic E-state index is 0.108. The quantitative estimate of drug-likeness (QED) is 0.565. The summed E-state index contributed by atoms with van der Waals surface area (Å²) in [7, 11) is 0. The molecule has 0 atom stereocenters. The van der Waals surface area contributed by atoms with E-state index in [-0.39, 0.29) is 23.2 Å². The molecule has 0 aromatic heterocycles. The lowest BCUT2D eigenvalue weighted by Crippen LogP contribution is -2.44. The van der Waals surface area contributed by atoms with E-state index in [1.54, 1.807) is 0 Å². The molecule has 0 unspecified atom stereocenters. The van der Waals surface area contributed by atoms with Gasteiger partial charge in [-0.05, 0) is 36.5 Å². The molecule has 2 aliphatic rings. The lowest BCUT2D eigenvalue weighted by Gasteiger charge is -2.36. The lowest BCUT2D eigenvalue weighted by atomic mass is 9.92. The van der Waals surface area contributed by atoms with E-state index in [2.05, 4.69) is 12.1 Å². The van der Waals surface area contributed by atoms with Crippen LogP contribution < -0.4 is 4.90 Å². The molecule has 9 nitrogen and oxygen atoms in total. The van der Waals surface area contributed by atoms with E-state index in [1.807, 2.05) is 21.9 Å². The number of nitrogens with zero attached hydrogens (tertiary/aromatic N) is 4. The molecule has 2 aromatic rings. The average Bonchev–Trinajstić information content (AvgIpc) is 2.78. The first kappa shape index (κ1) is 19.8. The largest absolute Gasteiger partial charge is 0.366 e. The number of anilines is 1. The fraction of sp³-hybridized carbons (Fsp3) is 0.381. The Kier molecular flexibility index (Phi) is 5.35. The zero-order chi connectivity index (χ0) is 21.3. The third kappa shape index (κ3) is 3.83. The number of hydrogen-bond donors (Lipinski definition) is 0. The number of benzene rings is 2. The molecule has 1 saturated heterocycles. The van der Waals surface area contributed by atoms with Gasteiger partial charge in [0.05, 0.1) is 15.9 Å². The Balaban J connectivity index is 1.42. The van der Waals surface area contributed by atoms with E-state index in [4.69, 9.17) is 0 Å². The molecule has 2 aromatic carbocycles. The number of fused-ring (bicyclic) bond motifs is 1. The van der Waals surface area contributed by atoms with Crippen LogP contribution in [-0.4, -0.2) is 40.3 Å². The van der Waals surface area contributed by atoms with Crippen molar-refractivity contribution in [2.24, 2.45) is 5.92 Å². The SMILES string of the molecule is O=C(C1CCN(c2ccc([N+](=O)[O-])cc2[N+](=O)[O-])CC1)N1CCc2ccccc2C1. The molecule has 156 valence electrons. The Hall–Kier alpha value is -3.49. The summed E-state index contributed by atoms with van der Waals surface area (Å²) < 4.78 is 0. The van der Waals surface area contributed by atoms with E-state index in [0.717, 1.165) is 12.5 Å². The Morgan fingerprint density at radius 3 is 2.30 bits per heavy atom. The highest BCUT2D eigenvalue weighted by Gasteiger charge is 2.32. The number of non-ortho nitro benzene ring substituents is 1. The van der Waals surface area contributed by atoms with Crippen LogP contribution in [0.15, 0.2) is 42.5 Å². The molecule has 1 fully saturated rings. The predicted octanol–water partition coefficient (Wildman–Crippen LogP) is 3.30. The summed E-state index contributed by atoms with van der Waals surface area (Å²) in [6.07, 6.45) is 2.06. The van der Waals surface area contributed by atoms with Gasteiger partial charge in [0.25, 0.3) is 11.4 Å². The Morgan fingerprint density at radius 2 is 1.63 bits per heavy atom. The average molecular weight is 410 g/mol. The Labute approximate surface area is 173 Å². The van der Waals surface area contributed by atoms with Crippen LogP contribution >= 0.6 is 0 Å². The van der Waals surface area contributed by atoms with Crippen LogP contribution in [0.5, 0.6) is 0 Å². The van der Waals surface area contributed by atoms with Crippen LogP contribution in [0, 0.1) is 26.1 Å². The van der Waals surface area contributed by atoms with Gasteiger partial charge >= 0.3 is 0 Å². The fourth-order valence-electron chi connectivity index (χ4n) is 4.35. The third-order valence-electron chi connectivity index (χ3n) is 5.99. The van der Waals surface area contributed by atoms with Crippen molar-refractivity contribution < 1.29 is 14.6 Å². The summed E-state index contributed by atoms with van der Waals surface area (Å²) in [5, 5.41) is 22.4.